The lowest BCUT2D eigenvalue weighted by Crippen LogP contribution is -2.14. The average molecular weight is 381 g/mol. The van der Waals surface area contributed by atoms with Crippen molar-refractivity contribution >= 4 is 31.6 Å². The molecule has 2 N–H and O–H groups in total. The lowest BCUT2D eigenvalue weighted by molar-refractivity contribution is 0.272. The molecule has 0 spiro atoms. The molecule has 0 saturated heterocycles. The number of nitrogens with one attached hydrogen (secondary N) is 1. The van der Waals surface area contributed by atoms with Crippen molar-refractivity contribution in [2.45, 2.75) is 11.5 Å². The first-order valence-electron chi connectivity index (χ1n) is 5.68. The van der Waals surface area contributed by atoms with Crippen LogP contribution in [-0.2, 0) is 23.7 Å². The summed E-state index contributed by atoms with van der Waals surface area (Å²) in [4.78, 5) is -0.135. The molecule has 0 radical (unpaired) electrons. The van der Waals surface area contributed by atoms with Crippen LogP contribution in [0.5, 0.6) is 0 Å². The molecule has 0 saturated carbocycles. The maximum Gasteiger partial charge on any atom is 0.263 e. The Morgan fingerprint density at radius 3 is 2.52 bits per heavy atom. The molecule has 1 heterocycles. The molecule has 1 aromatic carbocycles. The molecule has 0 unspecified atom stereocenters. The van der Waals surface area contributed by atoms with Crippen molar-refractivity contribution in [3.63, 3.8) is 0 Å². The van der Waals surface area contributed by atoms with Crippen molar-refractivity contribution in [2.75, 3.05) is 4.72 Å². The third-order valence-corrected chi connectivity index (χ3v) is 4.74. The van der Waals surface area contributed by atoms with E-state index in [0.717, 1.165) is 6.07 Å². The molecule has 0 aliphatic carbocycles. The number of aromatic nitrogens is 1. The molecule has 114 valence electrons. The van der Waals surface area contributed by atoms with Gasteiger partial charge in [-0.15, -0.1) is 0 Å². The fourth-order valence-electron chi connectivity index (χ4n) is 1.71. The van der Waals surface area contributed by atoms with E-state index in [1.165, 1.54) is 16.8 Å². The lowest BCUT2D eigenvalue weighted by atomic mass is 10.3. The van der Waals surface area contributed by atoms with Gasteiger partial charge in [0.1, 0.15) is 10.7 Å². The molecule has 0 aliphatic rings. The molecular formula is C12H11BrF2N2O3S. The Kier molecular flexibility index (Phi) is 4.35. The van der Waals surface area contributed by atoms with Gasteiger partial charge in [0.2, 0.25) is 0 Å². The molecule has 0 bridgehead atoms. The fraction of sp³-hybridized carbons (Fsp3) is 0.167. The second-order valence-electron chi connectivity index (χ2n) is 4.29. The molecule has 21 heavy (non-hydrogen) atoms. The van der Waals surface area contributed by atoms with Crippen molar-refractivity contribution in [1.82, 2.24) is 4.57 Å². The second kappa shape index (κ2) is 5.74. The summed E-state index contributed by atoms with van der Waals surface area (Å²) in [7, 11) is -2.49. The largest absolute Gasteiger partial charge is 0.390 e. The number of rotatable bonds is 4. The van der Waals surface area contributed by atoms with Crippen LogP contribution >= 0.6 is 15.9 Å². The zero-order valence-corrected chi connectivity index (χ0v) is 13.2. The number of halogens is 3. The number of aryl methyl sites for hydroxylation is 1. The number of aliphatic hydroxyl groups excluding tert-OH is 1. The van der Waals surface area contributed by atoms with E-state index in [-0.39, 0.29) is 21.7 Å². The Hall–Kier alpha value is -1.45. The van der Waals surface area contributed by atoms with Crippen LogP contribution < -0.4 is 4.72 Å². The van der Waals surface area contributed by atoms with Crippen LogP contribution in [0.1, 0.15) is 5.69 Å². The Bertz CT molecular complexity index is 767. The Balaban J connectivity index is 2.42. The summed E-state index contributed by atoms with van der Waals surface area (Å²) in [6, 6.07) is 2.79. The lowest BCUT2D eigenvalue weighted by Gasteiger charge is -2.09. The monoisotopic (exact) mass is 380 g/mol. The predicted octanol–water partition coefficient (Wildman–Crippen LogP) is 2.36. The molecule has 2 aromatic rings. The van der Waals surface area contributed by atoms with E-state index in [2.05, 4.69) is 20.7 Å². The molecule has 0 fully saturated rings. The van der Waals surface area contributed by atoms with Crippen molar-refractivity contribution < 1.29 is 22.3 Å². The van der Waals surface area contributed by atoms with Gasteiger partial charge in [0.25, 0.3) is 10.0 Å². The smallest absolute Gasteiger partial charge is 0.263 e. The number of hydrogen-bond donors (Lipinski definition) is 2. The average Bonchev–Trinajstić information content (AvgIpc) is 2.76. The van der Waals surface area contributed by atoms with Gasteiger partial charge < -0.3 is 9.67 Å². The minimum atomic E-state index is -4.06. The van der Waals surface area contributed by atoms with E-state index in [1.54, 1.807) is 7.05 Å². The zero-order chi connectivity index (χ0) is 15.8. The summed E-state index contributed by atoms with van der Waals surface area (Å²) in [6.07, 6.45) is 1.28. The van der Waals surface area contributed by atoms with Gasteiger partial charge in [0.05, 0.1) is 12.3 Å². The predicted molar refractivity (Wildman–Crippen MR) is 76.2 cm³/mol. The van der Waals surface area contributed by atoms with Crippen molar-refractivity contribution in [3.05, 3.63) is 46.2 Å². The van der Waals surface area contributed by atoms with Gasteiger partial charge in [-0.05, 0) is 28.1 Å². The van der Waals surface area contributed by atoms with Crippen LogP contribution in [0.4, 0.5) is 14.5 Å². The Morgan fingerprint density at radius 1 is 1.33 bits per heavy atom. The quantitative estimate of drug-likeness (QED) is 0.854. The van der Waals surface area contributed by atoms with Crippen molar-refractivity contribution in [3.8, 4) is 0 Å². The fourth-order valence-corrected chi connectivity index (χ4v) is 3.53. The van der Waals surface area contributed by atoms with Crippen LogP contribution in [0.3, 0.4) is 0 Å². The van der Waals surface area contributed by atoms with Gasteiger partial charge in [-0.25, -0.2) is 17.2 Å². The molecule has 2 rings (SSSR count). The maximum atomic E-state index is 13.7. The summed E-state index contributed by atoms with van der Waals surface area (Å²) < 4.78 is 54.5. The van der Waals surface area contributed by atoms with Gasteiger partial charge in [-0.3, -0.25) is 4.72 Å². The van der Waals surface area contributed by atoms with Crippen LogP contribution in [0, 0.1) is 11.6 Å². The molecule has 0 atom stereocenters. The highest BCUT2D eigenvalue weighted by molar-refractivity contribution is 9.10. The molecule has 5 nitrogen and oxygen atoms in total. The first-order valence-corrected chi connectivity index (χ1v) is 7.95. The van der Waals surface area contributed by atoms with Gasteiger partial charge in [0, 0.05) is 29.5 Å². The highest BCUT2D eigenvalue weighted by atomic mass is 79.9. The van der Waals surface area contributed by atoms with Crippen LogP contribution in [0.15, 0.2) is 33.8 Å². The third kappa shape index (κ3) is 3.25. The number of aliphatic hydroxyl groups is 1. The summed E-state index contributed by atoms with van der Waals surface area (Å²) in [6.45, 7) is -0.333. The first-order chi connectivity index (χ1) is 9.74. The van der Waals surface area contributed by atoms with E-state index in [9.17, 15) is 17.2 Å². The van der Waals surface area contributed by atoms with Crippen LogP contribution in [-0.4, -0.2) is 18.1 Å². The minimum Gasteiger partial charge on any atom is -0.390 e. The van der Waals surface area contributed by atoms with Crippen molar-refractivity contribution in [1.29, 1.82) is 0 Å². The summed E-state index contributed by atoms with van der Waals surface area (Å²) in [5.41, 5.74) is -0.000166. The van der Waals surface area contributed by atoms with Gasteiger partial charge in [-0.2, -0.15) is 0 Å². The van der Waals surface area contributed by atoms with E-state index in [0.29, 0.717) is 11.8 Å². The number of benzene rings is 1. The highest BCUT2D eigenvalue weighted by Crippen LogP contribution is 2.29. The zero-order valence-electron chi connectivity index (χ0n) is 10.8. The molecule has 0 aliphatic heterocycles. The SMILES string of the molecule is Cn1cc(S(=O)(=O)Nc2c(F)cc(F)cc2Br)cc1CO. The number of hydrogen-bond acceptors (Lipinski definition) is 3. The van der Waals surface area contributed by atoms with E-state index < -0.39 is 21.7 Å². The third-order valence-electron chi connectivity index (χ3n) is 2.80. The summed E-state index contributed by atoms with van der Waals surface area (Å²) in [5, 5.41) is 9.06. The van der Waals surface area contributed by atoms with Gasteiger partial charge >= 0.3 is 0 Å². The highest BCUT2D eigenvalue weighted by Gasteiger charge is 2.21. The molecular weight excluding hydrogens is 370 g/mol. The van der Waals surface area contributed by atoms with Crippen molar-refractivity contribution in [2.24, 2.45) is 7.05 Å². The minimum absolute atomic E-state index is 0.0538. The Morgan fingerprint density at radius 2 is 2.00 bits per heavy atom. The van der Waals surface area contributed by atoms with Gasteiger partial charge in [0.15, 0.2) is 5.82 Å². The normalized spacial score (nSPS) is 11.7. The van der Waals surface area contributed by atoms with Crippen LogP contribution in [0.25, 0.3) is 0 Å². The molecule has 1 aromatic heterocycles. The van der Waals surface area contributed by atoms with Crippen LogP contribution in [0.2, 0.25) is 0 Å². The topological polar surface area (TPSA) is 71.3 Å². The number of sulfonamides is 1. The van der Waals surface area contributed by atoms with E-state index in [4.69, 9.17) is 5.11 Å². The molecule has 0 amide bonds. The van der Waals surface area contributed by atoms with E-state index >= 15 is 0 Å². The Labute approximate surface area is 128 Å². The number of anilines is 1. The van der Waals surface area contributed by atoms with Gasteiger partial charge in [-0.1, -0.05) is 0 Å². The maximum absolute atomic E-state index is 13.7. The summed E-state index contributed by atoms with van der Waals surface area (Å²) in [5.74, 6) is -1.87. The summed E-state index contributed by atoms with van der Waals surface area (Å²) >= 11 is 2.90. The standard InChI is InChI=1S/C12H11BrF2N2O3S/c1-17-5-9(4-8(17)6-18)21(19,20)16-12-10(13)2-7(14)3-11(12)15/h2-5,16,18H,6H2,1H3. The number of nitrogens with zero attached hydrogens (tertiary/aromatic N) is 1. The molecule has 9 heteroatoms. The second-order valence-corrected chi connectivity index (χ2v) is 6.82. The first kappa shape index (κ1) is 15.9. The van der Waals surface area contributed by atoms with E-state index in [1.807, 2.05) is 0 Å².